The number of hydrogen-bond acceptors (Lipinski definition) is 6. The lowest BCUT2D eigenvalue weighted by Crippen LogP contribution is -2.69. The molecule has 2 heterocycles. The van der Waals surface area contributed by atoms with Gasteiger partial charge in [-0.2, -0.15) is 0 Å². The maximum atomic E-state index is 12.9. The highest BCUT2D eigenvalue weighted by Crippen LogP contribution is 2.66. The van der Waals surface area contributed by atoms with E-state index in [1.54, 1.807) is 0 Å². The molecule has 1 amide bonds. The van der Waals surface area contributed by atoms with E-state index in [1.165, 1.54) is 13.2 Å². The topological polar surface area (TPSA) is 108 Å². The summed E-state index contributed by atoms with van der Waals surface area (Å²) in [6.07, 6.45) is 2.56. The van der Waals surface area contributed by atoms with Crippen LogP contribution in [0.4, 0.5) is 5.69 Å². The molecule has 1 aromatic carbocycles. The van der Waals surface area contributed by atoms with Crippen molar-refractivity contribution >= 4 is 17.4 Å². The van der Waals surface area contributed by atoms with Gasteiger partial charge in [0.15, 0.2) is 6.23 Å². The standard InChI is InChI=1S/C24H30N2O6/c1-12-6-7-16-22(2,3)17(27)8-9-24(16)23(12,4)11-14-15(26(29)30)10-13-18(19(14)32-24)21(31-5)25-20(13)28/h10,12,16,21H,6-9,11H2,1-5H3,(H,25,28)/t12-,16-,21+,23+,24-/m0/s1. The van der Waals surface area contributed by atoms with Gasteiger partial charge in [0.2, 0.25) is 0 Å². The Morgan fingerprint density at radius 2 is 1.97 bits per heavy atom. The van der Waals surface area contributed by atoms with Gasteiger partial charge in [0, 0.05) is 36.3 Å². The summed E-state index contributed by atoms with van der Waals surface area (Å²) < 4.78 is 12.5. The number of nitrogens with zero attached hydrogens (tertiary/aromatic N) is 1. The lowest BCUT2D eigenvalue weighted by molar-refractivity contribution is -0.386. The highest BCUT2D eigenvalue weighted by molar-refractivity contribution is 6.01. The molecular weight excluding hydrogens is 412 g/mol. The third-order valence-electron chi connectivity index (χ3n) is 9.25. The number of ether oxygens (including phenoxy) is 2. The SMILES string of the molecule is CO[C@H]1NC(=O)c2cc([N+](=O)[O-])c3c(c21)O[C@@]12CCC(=O)C(C)(C)[C@@H]1CC[C@H](C)[C@@]2(C)C3. The highest BCUT2D eigenvalue weighted by Gasteiger charge is 2.68. The van der Waals surface area contributed by atoms with Gasteiger partial charge in [0.05, 0.1) is 21.6 Å². The highest BCUT2D eigenvalue weighted by atomic mass is 16.6. The number of carbonyl (C=O) groups excluding carboxylic acids is 2. The number of benzene rings is 1. The molecule has 0 radical (unpaired) electrons. The fraction of sp³-hybridized carbons (Fsp3) is 0.667. The summed E-state index contributed by atoms with van der Waals surface area (Å²) in [7, 11) is 1.49. The summed E-state index contributed by atoms with van der Waals surface area (Å²) in [5, 5.41) is 14.8. The lowest BCUT2D eigenvalue weighted by atomic mass is 9.44. The van der Waals surface area contributed by atoms with Crippen LogP contribution in [0.3, 0.4) is 0 Å². The fourth-order valence-corrected chi connectivity index (χ4v) is 7.16. The van der Waals surface area contributed by atoms with Crippen LogP contribution in [0.25, 0.3) is 0 Å². The minimum Gasteiger partial charge on any atom is -0.485 e. The molecule has 2 aliphatic heterocycles. The first-order valence-corrected chi connectivity index (χ1v) is 11.4. The van der Waals surface area contributed by atoms with E-state index >= 15 is 0 Å². The third kappa shape index (κ3) is 2.42. The summed E-state index contributed by atoms with van der Waals surface area (Å²) in [4.78, 5) is 37.2. The zero-order valence-corrected chi connectivity index (χ0v) is 19.2. The number of methoxy groups -OCH3 is 1. The normalized spacial score (nSPS) is 36.8. The fourth-order valence-electron chi connectivity index (χ4n) is 7.16. The van der Waals surface area contributed by atoms with Gasteiger partial charge in [-0.25, -0.2) is 0 Å². The van der Waals surface area contributed by atoms with E-state index in [4.69, 9.17) is 9.47 Å². The maximum Gasteiger partial charge on any atom is 0.277 e. The van der Waals surface area contributed by atoms with Crippen LogP contribution in [0.5, 0.6) is 5.75 Å². The second-order valence-electron chi connectivity index (χ2n) is 10.8. The van der Waals surface area contributed by atoms with Gasteiger partial charge in [-0.05, 0) is 31.6 Å². The molecular formula is C24H30N2O6. The molecule has 0 bridgehead atoms. The van der Waals surface area contributed by atoms with E-state index in [0.717, 1.165) is 12.8 Å². The molecule has 172 valence electrons. The summed E-state index contributed by atoms with van der Waals surface area (Å²) in [6.45, 7) is 8.39. The number of hydrogen-bond donors (Lipinski definition) is 1. The van der Waals surface area contributed by atoms with Gasteiger partial charge in [-0.1, -0.05) is 27.7 Å². The molecule has 1 spiro atoms. The molecule has 5 rings (SSSR count). The number of nitrogens with one attached hydrogen (secondary N) is 1. The minimum atomic E-state index is -0.717. The number of ketones is 1. The first kappa shape index (κ1) is 21.4. The molecule has 5 atom stereocenters. The summed E-state index contributed by atoms with van der Waals surface area (Å²) >= 11 is 0. The van der Waals surface area contributed by atoms with Gasteiger partial charge >= 0.3 is 0 Å². The second-order valence-corrected chi connectivity index (χ2v) is 10.8. The van der Waals surface area contributed by atoms with Crippen molar-refractivity contribution in [1.29, 1.82) is 0 Å². The molecule has 8 nitrogen and oxygen atoms in total. The van der Waals surface area contributed by atoms with E-state index in [1.807, 2.05) is 13.8 Å². The molecule has 2 fully saturated rings. The van der Waals surface area contributed by atoms with Crippen molar-refractivity contribution in [1.82, 2.24) is 5.32 Å². The number of carbonyl (C=O) groups is 2. The van der Waals surface area contributed by atoms with Crippen LogP contribution < -0.4 is 10.1 Å². The summed E-state index contributed by atoms with van der Waals surface area (Å²) in [5.74, 6) is 0.504. The molecule has 32 heavy (non-hydrogen) atoms. The van der Waals surface area contributed by atoms with E-state index in [9.17, 15) is 19.7 Å². The molecule has 2 saturated carbocycles. The van der Waals surface area contributed by atoms with Crippen molar-refractivity contribution in [2.24, 2.45) is 22.7 Å². The number of amides is 1. The number of nitro benzene ring substituents is 1. The molecule has 0 aromatic heterocycles. The van der Waals surface area contributed by atoms with Crippen LogP contribution in [-0.4, -0.2) is 29.3 Å². The first-order valence-electron chi connectivity index (χ1n) is 11.4. The Morgan fingerprint density at radius 3 is 2.62 bits per heavy atom. The van der Waals surface area contributed by atoms with Crippen molar-refractivity contribution in [2.45, 2.75) is 71.6 Å². The average Bonchev–Trinajstić information content (AvgIpc) is 3.06. The van der Waals surface area contributed by atoms with Crippen molar-refractivity contribution in [3.8, 4) is 5.75 Å². The van der Waals surface area contributed by atoms with E-state index < -0.39 is 28.1 Å². The molecule has 1 aromatic rings. The summed E-state index contributed by atoms with van der Waals surface area (Å²) in [6, 6.07) is 1.37. The Morgan fingerprint density at radius 1 is 1.25 bits per heavy atom. The molecule has 0 unspecified atom stereocenters. The summed E-state index contributed by atoms with van der Waals surface area (Å²) in [5.41, 5.74) is -0.337. The molecule has 4 aliphatic rings. The Hall–Kier alpha value is -2.48. The van der Waals surface area contributed by atoms with Gasteiger partial charge in [-0.15, -0.1) is 0 Å². The quantitative estimate of drug-likeness (QED) is 0.546. The predicted molar refractivity (Wildman–Crippen MR) is 115 cm³/mol. The van der Waals surface area contributed by atoms with Crippen molar-refractivity contribution in [3.05, 3.63) is 32.9 Å². The number of Topliss-reactive ketones (excluding diaryl/α,β-unsaturated/α-hetero) is 1. The lowest BCUT2D eigenvalue weighted by Gasteiger charge is -2.65. The van der Waals surface area contributed by atoms with Crippen LogP contribution >= 0.6 is 0 Å². The Kier molecular flexibility index (Phi) is 4.36. The Labute approximate surface area is 187 Å². The van der Waals surface area contributed by atoms with Gasteiger partial charge in [0.1, 0.15) is 17.1 Å². The molecule has 0 saturated heterocycles. The van der Waals surface area contributed by atoms with Crippen LogP contribution in [-0.2, 0) is 16.0 Å². The van der Waals surface area contributed by atoms with E-state index in [-0.39, 0.29) is 34.3 Å². The van der Waals surface area contributed by atoms with Gasteiger partial charge in [0.25, 0.3) is 11.6 Å². The van der Waals surface area contributed by atoms with Crippen LogP contribution in [0, 0.1) is 32.8 Å². The Bertz CT molecular complexity index is 1070. The molecule has 2 aliphatic carbocycles. The third-order valence-corrected chi connectivity index (χ3v) is 9.25. The van der Waals surface area contributed by atoms with Crippen LogP contribution in [0.2, 0.25) is 0 Å². The average molecular weight is 443 g/mol. The minimum absolute atomic E-state index is 0.00780. The zero-order chi connectivity index (χ0) is 23.2. The van der Waals surface area contributed by atoms with E-state index in [2.05, 4.69) is 19.2 Å². The van der Waals surface area contributed by atoms with Crippen molar-refractivity contribution < 1.29 is 24.0 Å². The van der Waals surface area contributed by atoms with Crippen molar-refractivity contribution in [2.75, 3.05) is 7.11 Å². The van der Waals surface area contributed by atoms with Crippen LogP contribution in [0.1, 0.15) is 81.1 Å². The maximum absolute atomic E-state index is 12.9. The Balaban J connectivity index is 1.79. The van der Waals surface area contributed by atoms with E-state index in [0.29, 0.717) is 36.1 Å². The smallest absolute Gasteiger partial charge is 0.277 e. The van der Waals surface area contributed by atoms with Gasteiger partial charge in [-0.3, -0.25) is 19.7 Å². The second kappa shape index (κ2) is 6.53. The largest absolute Gasteiger partial charge is 0.485 e. The number of nitro groups is 1. The zero-order valence-electron chi connectivity index (χ0n) is 19.2. The van der Waals surface area contributed by atoms with Crippen molar-refractivity contribution in [3.63, 3.8) is 0 Å². The molecule has 1 N–H and O–H groups in total. The number of rotatable bonds is 2. The molecule has 8 heteroatoms. The monoisotopic (exact) mass is 442 g/mol. The van der Waals surface area contributed by atoms with Gasteiger partial charge < -0.3 is 14.8 Å². The van der Waals surface area contributed by atoms with Crippen LogP contribution in [0.15, 0.2) is 6.07 Å². The number of fused-ring (bicyclic) bond motifs is 3. The predicted octanol–water partition coefficient (Wildman–Crippen LogP) is 4.10. The first-order chi connectivity index (χ1) is 15.0.